The van der Waals surface area contributed by atoms with Gasteiger partial charge < -0.3 is 4.74 Å². The second kappa shape index (κ2) is 4.11. The highest BCUT2D eigenvalue weighted by molar-refractivity contribution is 5.88. The van der Waals surface area contributed by atoms with E-state index in [2.05, 4.69) is 4.98 Å². The minimum absolute atomic E-state index is 0.138. The van der Waals surface area contributed by atoms with Gasteiger partial charge in [-0.05, 0) is 31.9 Å². The first-order valence-electron chi connectivity index (χ1n) is 5.28. The molecule has 0 bridgehead atoms. The van der Waals surface area contributed by atoms with E-state index >= 15 is 0 Å². The molecule has 1 saturated heterocycles. The number of pyridine rings is 1. The number of nitrogens with zero attached hydrogens (tertiary/aromatic N) is 1. The molecule has 0 spiro atoms. The van der Waals surface area contributed by atoms with Crippen molar-refractivity contribution in [2.45, 2.75) is 31.8 Å². The molecule has 1 atom stereocenters. The highest BCUT2D eigenvalue weighted by Crippen LogP contribution is 2.26. The van der Waals surface area contributed by atoms with Crippen molar-refractivity contribution in [3.05, 3.63) is 30.1 Å². The number of ketones is 1. The van der Waals surface area contributed by atoms with Crippen molar-refractivity contribution in [1.82, 2.24) is 4.98 Å². The van der Waals surface area contributed by atoms with E-state index in [-0.39, 0.29) is 5.78 Å². The monoisotopic (exact) mass is 205 g/mol. The number of Topliss-reactive ketones (excluding diaryl/α,β-unsaturated/α-hetero) is 1. The fourth-order valence-corrected chi connectivity index (χ4v) is 1.85. The number of rotatable bonds is 3. The van der Waals surface area contributed by atoms with Gasteiger partial charge in [0.15, 0.2) is 5.78 Å². The number of hydrogen-bond acceptors (Lipinski definition) is 3. The lowest BCUT2D eigenvalue weighted by molar-refractivity contribution is -0.136. The Bertz CT molecular complexity index is 342. The molecule has 1 unspecified atom stereocenters. The first-order valence-corrected chi connectivity index (χ1v) is 5.28. The summed E-state index contributed by atoms with van der Waals surface area (Å²) in [6, 6.07) is 5.62. The van der Waals surface area contributed by atoms with Gasteiger partial charge in [-0.25, -0.2) is 0 Å². The third-order valence-corrected chi connectivity index (χ3v) is 2.88. The average molecular weight is 205 g/mol. The minimum atomic E-state index is -0.572. The summed E-state index contributed by atoms with van der Waals surface area (Å²) < 4.78 is 5.50. The minimum Gasteiger partial charge on any atom is -0.367 e. The highest BCUT2D eigenvalue weighted by atomic mass is 16.5. The van der Waals surface area contributed by atoms with E-state index < -0.39 is 5.60 Å². The standard InChI is InChI=1S/C12H15NO2/c1-12(6-4-8-15-12)11(14)9-10-5-2-3-7-13-10/h2-3,5,7H,4,6,8-9H2,1H3. The molecule has 1 aromatic heterocycles. The summed E-state index contributed by atoms with van der Waals surface area (Å²) in [7, 11) is 0. The fourth-order valence-electron chi connectivity index (χ4n) is 1.85. The van der Waals surface area contributed by atoms with Crippen molar-refractivity contribution in [1.29, 1.82) is 0 Å². The molecule has 2 heterocycles. The van der Waals surface area contributed by atoms with E-state index in [1.165, 1.54) is 0 Å². The summed E-state index contributed by atoms with van der Waals surface area (Å²) in [4.78, 5) is 16.1. The van der Waals surface area contributed by atoms with Crippen LogP contribution in [0, 0.1) is 0 Å². The zero-order valence-corrected chi connectivity index (χ0v) is 8.90. The third kappa shape index (κ3) is 2.23. The lowest BCUT2D eigenvalue weighted by Gasteiger charge is -2.20. The molecule has 1 aliphatic heterocycles. The zero-order chi connectivity index (χ0) is 10.7. The van der Waals surface area contributed by atoms with Crippen LogP contribution in [0.25, 0.3) is 0 Å². The smallest absolute Gasteiger partial charge is 0.170 e. The van der Waals surface area contributed by atoms with Crippen LogP contribution in [-0.2, 0) is 16.0 Å². The van der Waals surface area contributed by atoms with Gasteiger partial charge in [-0.3, -0.25) is 9.78 Å². The van der Waals surface area contributed by atoms with Gasteiger partial charge in [0.25, 0.3) is 0 Å². The first kappa shape index (κ1) is 10.3. The molecule has 0 aliphatic carbocycles. The maximum absolute atomic E-state index is 12.0. The second-order valence-electron chi connectivity index (χ2n) is 4.10. The van der Waals surface area contributed by atoms with Crippen LogP contribution in [-0.4, -0.2) is 23.0 Å². The van der Waals surface area contributed by atoms with Crippen molar-refractivity contribution in [3.8, 4) is 0 Å². The Labute approximate surface area is 89.5 Å². The fraction of sp³-hybridized carbons (Fsp3) is 0.500. The van der Waals surface area contributed by atoms with Crippen LogP contribution in [0.4, 0.5) is 0 Å². The Kier molecular flexibility index (Phi) is 2.82. The van der Waals surface area contributed by atoms with E-state index in [0.717, 1.165) is 18.5 Å². The van der Waals surface area contributed by atoms with Crippen molar-refractivity contribution in [2.24, 2.45) is 0 Å². The Morgan fingerprint density at radius 3 is 3.07 bits per heavy atom. The van der Waals surface area contributed by atoms with E-state index in [9.17, 15) is 4.79 Å². The molecule has 2 rings (SSSR count). The van der Waals surface area contributed by atoms with Crippen molar-refractivity contribution < 1.29 is 9.53 Å². The summed E-state index contributed by atoms with van der Waals surface area (Å²) >= 11 is 0. The van der Waals surface area contributed by atoms with Gasteiger partial charge >= 0.3 is 0 Å². The normalized spacial score (nSPS) is 25.4. The summed E-state index contributed by atoms with van der Waals surface area (Å²) in [5.41, 5.74) is 0.247. The largest absolute Gasteiger partial charge is 0.367 e. The molecule has 0 aromatic carbocycles. The summed E-state index contributed by atoms with van der Waals surface area (Å²) in [6.45, 7) is 2.58. The molecule has 0 N–H and O–H groups in total. The maximum Gasteiger partial charge on any atom is 0.170 e. The number of ether oxygens (including phenoxy) is 1. The van der Waals surface area contributed by atoms with Gasteiger partial charge in [-0.15, -0.1) is 0 Å². The van der Waals surface area contributed by atoms with Crippen LogP contribution in [0.2, 0.25) is 0 Å². The third-order valence-electron chi connectivity index (χ3n) is 2.88. The van der Waals surface area contributed by atoms with Gasteiger partial charge in [0, 0.05) is 18.5 Å². The Balaban J connectivity index is 2.04. The molecule has 80 valence electrons. The van der Waals surface area contributed by atoms with Crippen molar-refractivity contribution in [3.63, 3.8) is 0 Å². The van der Waals surface area contributed by atoms with Crippen LogP contribution < -0.4 is 0 Å². The Morgan fingerprint density at radius 2 is 2.47 bits per heavy atom. The molecular formula is C12H15NO2. The molecule has 0 radical (unpaired) electrons. The summed E-state index contributed by atoms with van der Waals surface area (Å²) in [5, 5.41) is 0. The summed E-state index contributed by atoms with van der Waals surface area (Å²) in [5.74, 6) is 0.138. The molecule has 3 nitrogen and oxygen atoms in total. The van der Waals surface area contributed by atoms with Gasteiger partial charge in [0.05, 0.1) is 6.42 Å². The van der Waals surface area contributed by atoms with Gasteiger partial charge in [-0.2, -0.15) is 0 Å². The molecule has 1 aromatic rings. The average Bonchev–Trinajstić information content (AvgIpc) is 2.68. The molecule has 15 heavy (non-hydrogen) atoms. The topological polar surface area (TPSA) is 39.2 Å². The van der Waals surface area contributed by atoms with Gasteiger partial charge in [0.2, 0.25) is 0 Å². The molecule has 0 amide bonds. The molecule has 3 heteroatoms. The van der Waals surface area contributed by atoms with Gasteiger partial charge in [-0.1, -0.05) is 6.07 Å². The van der Waals surface area contributed by atoms with Crippen LogP contribution in [0.1, 0.15) is 25.5 Å². The molecule has 1 aliphatic rings. The van der Waals surface area contributed by atoms with E-state index in [4.69, 9.17) is 4.74 Å². The van der Waals surface area contributed by atoms with E-state index in [1.54, 1.807) is 6.20 Å². The lowest BCUT2D eigenvalue weighted by Crippen LogP contribution is -2.35. The van der Waals surface area contributed by atoms with Crippen molar-refractivity contribution in [2.75, 3.05) is 6.61 Å². The summed E-state index contributed by atoms with van der Waals surface area (Å²) in [6.07, 6.45) is 3.89. The Hall–Kier alpha value is -1.22. The van der Waals surface area contributed by atoms with Gasteiger partial charge in [0.1, 0.15) is 5.60 Å². The SMILES string of the molecule is CC1(C(=O)Cc2ccccn2)CCCO1. The lowest BCUT2D eigenvalue weighted by atomic mass is 9.94. The van der Waals surface area contributed by atoms with Crippen LogP contribution >= 0.6 is 0 Å². The van der Waals surface area contributed by atoms with Crippen LogP contribution in [0.15, 0.2) is 24.4 Å². The molecular weight excluding hydrogens is 190 g/mol. The number of carbonyl (C=O) groups is 1. The van der Waals surface area contributed by atoms with E-state index in [1.807, 2.05) is 25.1 Å². The quantitative estimate of drug-likeness (QED) is 0.754. The maximum atomic E-state index is 12.0. The molecule has 0 saturated carbocycles. The van der Waals surface area contributed by atoms with Crippen LogP contribution in [0.5, 0.6) is 0 Å². The number of aromatic nitrogens is 1. The predicted molar refractivity (Wildman–Crippen MR) is 56.5 cm³/mol. The zero-order valence-electron chi connectivity index (χ0n) is 8.90. The highest BCUT2D eigenvalue weighted by Gasteiger charge is 2.37. The first-order chi connectivity index (χ1) is 7.21. The second-order valence-corrected chi connectivity index (χ2v) is 4.10. The Morgan fingerprint density at radius 1 is 1.60 bits per heavy atom. The molecule has 1 fully saturated rings. The number of carbonyl (C=O) groups excluding carboxylic acids is 1. The predicted octanol–water partition coefficient (Wildman–Crippen LogP) is 1.76. The van der Waals surface area contributed by atoms with E-state index in [0.29, 0.717) is 13.0 Å². The van der Waals surface area contributed by atoms with Crippen LogP contribution in [0.3, 0.4) is 0 Å². The number of hydrogen-bond donors (Lipinski definition) is 0. The van der Waals surface area contributed by atoms with Crippen molar-refractivity contribution >= 4 is 5.78 Å².